The lowest BCUT2D eigenvalue weighted by molar-refractivity contribution is 1.14. The SMILES string of the molecule is N#Cc1c(N)[nH]c(=O)c(C#N)c1-c1ccc(Cc2ccc(Cl)nc2)cc1. The van der Waals surface area contributed by atoms with E-state index >= 15 is 0 Å². The third kappa shape index (κ3) is 3.27. The smallest absolute Gasteiger partial charge is 0.268 e. The molecule has 6 nitrogen and oxygen atoms in total. The van der Waals surface area contributed by atoms with Crippen LogP contribution in [0.2, 0.25) is 5.15 Å². The van der Waals surface area contributed by atoms with Crippen molar-refractivity contribution in [2.45, 2.75) is 6.42 Å². The predicted molar refractivity (Wildman–Crippen MR) is 98.4 cm³/mol. The fraction of sp³-hybridized carbons (Fsp3) is 0.0526. The van der Waals surface area contributed by atoms with E-state index in [-0.39, 0.29) is 22.5 Å². The lowest BCUT2D eigenvalue weighted by Gasteiger charge is -2.09. The van der Waals surface area contributed by atoms with Crippen LogP contribution in [0, 0.1) is 22.7 Å². The molecular formula is C19H12ClN5O. The molecule has 0 saturated carbocycles. The molecular weight excluding hydrogens is 350 g/mol. The van der Waals surface area contributed by atoms with Crippen LogP contribution in [0.4, 0.5) is 5.82 Å². The lowest BCUT2D eigenvalue weighted by Crippen LogP contribution is -2.16. The number of nitrogen functional groups attached to an aromatic ring is 1. The van der Waals surface area contributed by atoms with Crippen molar-refractivity contribution in [1.29, 1.82) is 10.5 Å². The minimum atomic E-state index is -0.615. The molecule has 0 aliphatic rings. The molecule has 0 spiro atoms. The highest BCUT2D eigenvalue weighted by atomic mass is 35.5. The van der Waals surface area contributed by atoms with E-state index in [1.54, 1.807) is 24.4 Å². The predicted octanol–water partition coefficient (Wildman–Crippen LogP) is 3.01. The Bertz CT molecular complexity index is 1100. The lowest BCUT2D eigenvalue weighted by atomic mass is 9.95. The fourth-order valence-electron chi connectivity index (χ4n) is 2.67. The maximum Gasteiger partial charge on any atom is 0.268 e. The quantitative estimate of drug-likeness (QED) is 0.695. The third-order valence-electron chi connectivity index (χ3n) is 3.91. The van der Waals surface area contributed by atoms with Crippen LogP contribution in [0.3, 0.4) is 0 Å². The second-order valence-electron chi connectivity index (χ2n) is 5.58. The van der Waals surface area contributed by atoms with E-state index < -0.39 is 5.56 Å². The van der Waals surface area contributed by atoms with E-state index in [0.29, 0.717) is 17.1 Å². The van der Waals surface area contributed by atoms with Gasteiger partial charge in [-0.2, -0.15) is 10.5 Å². The van der Waals surface area contributed by atoms with Crippen molar-refractivity contribution in [3.63, 3.8) is 0 Å². The van der Waals surface area contributed by atoms with Crippen molar-refractivity contribution in [2.75, 3.05) is 5.73 Å². The van der Waals surface area contributed by atoms with Gasteiger partial charge in [0.1, 0.15) is 34.2 Å². The zero-order chi connectivity index (χ0) is 18.7. The number of benzene rings is 1. The number of rotatable bonds is 3. The molecule has 0 aliphatic carbocycles. The first-order chi connectivity index (χ1) is 12.5. The Morgan fingerprint density at radius 2 is 1.69 bits per heavy atom. The van der Waals surface area contributed by atoms with Gasteiger partial charge in [-0.15, -0.1) is 0 Å². The Morgan fingerprint density at radius 3 is 2.27 bits per heavy atom. The number of anilines is 1. The molecule has 0 fully saturated rings. The maximum atomic E-state index is 12.0. The van der Waals surface area contributed by atoms with Crippen molar-refractivity contribution >= 4 is 17.4 Å². The average molecular weight is 362 g/mol. The van der Waals surface area contributed by atoms with Crippen LogP contribution in [0.1, 0.15) is 22.3 Å². The molecule has 0 aliphatic heterocycles. The number of pyridine rings is 2. The fourth-order valence-corrected chi connectivity index (χ4v) is 2.78. The monoisotopic (exact) mass is 361 g/mol. The van der Waals surface area contributed by atoms with Gasteiger partial charge in [-0.3, -0.25) is 4.79 Å². The van der Waals surface area contributed by atoms with Crippen LogP contribution in [0.15, 0.2) is 47.4 Å². The molecule has 3 rings (SSSR count). The average Bonchev–Trinajstić information content (AvgIpc) is 2.64. The van der Waals surface area contributed by atoms with E-state index in [9.17, 15) is 15.3 Å². The summed E-state index contributed by atoms with van der Waals surface area (Å²) in [6, 6.07) is 14.7. The number of aromatic amines is 1. The molecule has 3 aromatic rings. The normalized spacial score (nSPS) is 10.1. The maximum absolute atomic E-state index is 12.0. The summed E-state index contributed by atoms with van der Waals surface area (Å²) in [7, 11) is 0. The second kappa shape index (κ2) is 7.10. The summed E-state index contributed by atoms with van der Waals surface area (Å²) in [4.78, 5) is 18.4. The number of H-pyrrole nitrogens is 1. The summed E-state index contributed by atoms with van der Waals surface area (Å²) in [5.41, 5.74) is 7.89. The molecule has 0 unspecified atom stereocenters. The van der Waals surface area contributed by atoms with Crippen molar-refractivity contribution in [1.82, 2.24) is 9.97 Å². The number of aromatic nitrogens is 2. The molecule has 0 saturated heterocycles. The van der Waals surface area contributed by atoms with Crippen molar-refractivity contribution in [3.8, 4) is 23.3 Å². The zero-order valence-corrected chi connectivity index (χ0v) is 14.2. The Labute approximate surface area is 154 Å². The van der Waals surface area contributed by atoms with Crippen LogP contribution in [0.5, 0.6) is 0 Å². The summed E-state index contributed by atoms with van der Waals surface area (Å²) >= 11 is 5.78. The van der Waals surface area contributed by atoms with Gasteiger partial charge in [0.2, 0.25) is 0 Å². The van der Waals surface area contributed by atoms with Crippen LogP contribution < -0.4 is 11.3 Å². The summed E-state index contributed by atoms with van der Waals surface area (Å²) in [6.45, 7) is 0. The third-order valence-corrected chi connectivity index (χ3v) is 4.13. The number of nitrogens with one attached hydrogen (secondary N) is 1. The molecule has 26 heavy (non-hydrogen) atoms. The van der Waals surface area contributed by atoms with Gasteiger partial charge in [-0.25, -0.2) is 4.98 Å². The van der Waals surface area contributed by atoms with Gasteiger partial charge < -0.3 is 10.7 Å². The molecule has 126 valence electrons. The number of nitrogens with zero attached hydrogens (tertiary/aromatic N) is 3. The molecule has 0 bridgehead atoms. The minimum Gasteiger partial charge on any atom is -0.384 e. The van der Waals surface area contributed by atoms with Crippen LogP contribution in [0.25, 0.3) is 11.1 Å². The van der Waals surface area contributed by atoms with E-state index in [0.717, 1.165) is 11.1 Å². The van der Waals surface area contributed by atoms with Crippen LogP contribution >= 0.6 is 11.6 Å². The van der Waals surface area contributed by atoms with Crippen molar-refractivity contribution < 1.29 is 0 Å². The number of nitrogens with two attached hydrogens (primary N) is 1. The summed E-state index contributed by atoms with van der Waals surface area (Å²) in [5.74, 6) is -0.0529. The van der Waals surface area contributed by atoms with Gasteiger partial charge in [-0.05, 0) is 29.2 Å². The largest absolute Gasteiger partial charge is 0.384 e. The van der Waals surface area contributed by atoms with E-state index in [2.05, 4.69) is 9.97 Å². The molecule has 0 radical (unpaired) electrons. The molecule has 3 N–H and O–H groups in total. The topological polar surface area (TPSA) is 119 Å². The standard InChI is InChI=1S/C19H12ClN5O/c20-16-6-3-12(10-24-16)7-11-1-4-13(5-2-11)17-14(8-21)18(23)25-19(26)15(17)9-22/h1-6,10H,7H2,(H3,23,25,26). The number of hydrogen-bond donors (Lipinski definition) is 2. The Balaban J connectivity index is 2.02. The number of hydrogen-bond acceptors (Lipinski definition) is 5. The first-order valence-corrected chi connectivity index (χ1v) is 7.97. The summed E-state index contributed by atoms with van der Waals surface area (Å²) in [5, 5.41) is 19.1. The van der Waals surface area contributed by atoms with E-state index in [1.807, 2.05) is 30.3 Å². The zero-order valence-electron chi connectivity index (χ0n) is 13.5. The van der Waals surface area contributed by atoms with Gasteiger partial charge in [0, 0.05) is 11.8 Å². The molecule has 7 heteroatoms. The van der Waals surface area contributed by atoms with Crippen LogP contribution in [-0.2, 0) is 6.42 Å². The van der Waals surface area contributed by atoms with E-state index in [4.69, 9.17) is 17.3 Å². The van der Waals surface area contributed by atoms with Gasteiger partial charge in [0.15, 0.2) is 0 Å². The van der Waals surface area contributed by atoms with Crippen molar-refractivity contribution in [2.24, 2.45) is 0 Å². The van der Waals surface area contributed by atoms with Gasteiger partial charge in [0.25, 0.3) is 5.56 Å². The molecule has 0 amide bonds. The molecule has 2 aromatic heterocycles. The van der Waals surface area contributed by atoms with Crippen molar-refractivity contribution in [3.05, 3.63) is 80.4 Å². The molecule has 1 aromatic carbocycles. The Morgan fingerprint density at radius 1 is 1.04 bits per heavy atom. The molecule has 0 atom stereocenters. The first kappa shape index (κ1) is 17.2. The van der Waals surface area contributed by atoms with Gasteiger partial charge in [0.05, 0.1) is 0 Å². The van der Waals surface area contributed by atoms with E-state index in [1.165, 1.54) is 0 Å². The highest BCUT2D eigenvalue weighted by molar-refractivity contribution is 6.29. The molecule has 2 heterocycles. The second-order valence-corrected chi connectivity index (χ2v) is 5.97. The van der Waals surface area contributed by atoms with Crippen LogP contribution in [-0.4, -0.2) is 9.97 Å². The Kier molecular flexibility index (Phi) is 4.70. The highest BCUT2D eigenvalue weighted by Gasteiger charge is 2.17. The first-order valence-electron chi connectivity index (χ1n) is 7.59. The van der Waals surface area contributed by atoms with Gasteiger partial charge in [-0.1, -0.05) is 41.9 Å². The minimum absolute atomic E-state index is 0.0529. The van der Waals surface area contributed by atoms with Gasteiger partial charge >= 0.3 is 0 Å². The highest BCUT2D eigenvalue weighted by Crippen LogP contribution is 2.28. The number of nitriles is 2. The number of halogens is 1. The summed E-state index contributed by atoms with van der Waals surface area (Å²) in [6.07, 6.45) is 2.35. The summed E-state index contributed by atoms with van der Waals surface area (Å²) < 4.78 is 0. The Hall–Kier alpha value is -3.61.